The largest absolute Gasteiger partial charge is 0.493 e. The van der Waals surface area contributed by atoms with Gasteiger partial charge in [-0.3, -0.25) is 0 Å². The summed E-state index contributed by atoms with van der Waals surface area (Å²) in [7, 11) is 0. The lowest BCUT2D eigenvalue weighted by Crippen LogP contribution is -2.30. The number of unbranched alkanes of at least 4 members (excludes halogenated alkanes) is 26. The third-order valence-electron chi connectivity index (χ3n) is 23.5. The van der Waals surface area contributed by atoms with Crippen LogP contribution in [0.25, 0.3) is 108 Å². The van der Waals surface area contributed by atoms with Crippen molar-refractivity contribution in [3.8, 4) is 48.9 Å². The zero-order chi connectivity index (χ0) is 69.2. The molecule has 1 N–H and O–H groups in total. The van der Waals surface area contributed by atoms with Crippen molar-refractivity contribution in [2.75, 3.05) is 6.61 Å². The van der Waals surface area contributed by atoms with E-state index in [0.717, 1.165) is 59.5 Å². The van der Waals surface area contributed by atoms with E-state index in [9.17, 15) is 9.90 Å². The first kappa shape index (κ1) is 73.4. The Morgan fingerprint density at radius 1 is 0.440 bits per heavy atom. The summed E-state index contributed by atoms with van der Waals surface area (Å²) in [5.74, 6) is 1.24. The van der Waals surface area contributed by atoms with Gasteiger partial charge in [0.25, 0.3) is 0 Å². The van der Waals surface area contributed by atoms with Gasteiger partial charge in [-0.25, -0.2) is 4.79 Å². The number of hydrogen-bond acceptors (Lipinski definition) is 6. The quantitative estimate of drug-likeness (QED) is 0.0234. The number of benzene rings is 8. The number of ether oxygens (including phenoxy) is 1. The molecule has 6 nitrogen and oxygen atoms in total. The number of aromatic nitrogens is 3. The molecule has 532 valence electrons. The van der Waals surface area contributed by atoms with Crippen molar-refractivity contribution in [3.63, 3.8) is 0 Å². The Morgan fingerprint density at radius 2 is 0.910 bits per heavy atom. The van der Waals surface area contributed by atoms with Gasteiger partial charge in [0.15, 0.2) is 0 Å². The second kappa shape index (κ2) is 36.2. The van der Waals surface area contributed by atoms with Gasteiger partial charge in [-0.1, -0.05) is 314 Å². The molecule has 3 heterocycles. The molecule has 11 aromatic rings. The van der Waals surface area contributed by atoms with Crippen LogP contribution < -0.4 is 4.74 Å². The molecule has 0 aliphatic heterocycles. The van der Waals surface area contributed by atoms with E-state index >= 15 is 0 Å². The molecule has 2 unspecified atom stereocenters. The van der Waals surface area contributed by atoms with E-state index in [2.05, 4.69) is 131 Å². The molecule has 0 bridgehead atoms. The first-order valence-electron chi connectivity index (χ1n) is 40.7. The predicted octanol–water partition coefficient (Wildman–Crippen LogP) is 29.7. The first-order valence-corrected chi connectivity index (χ1v) is 42.3. The van der Waals surface area contributed by atoms with E-state index < -0.39 is 5.97 Å². The lowest BCUT2D eigenvalue weighted by molar-refractivity contribution is 0.0696. The molecule has 0 amide bonds. The average molecular weight is 1380 g/mol. The molecule has 12 rings (SSSR count). The maximum Gasteiger partial charge on any atom is 0.335 e. The highest BCUT2D eigenvalue weighted by atomic mass is 32.1. The summed E-state index contributed by atoms with van der Waals surface area (Å²) in [5.41, 5.74) is 14.8. The predicted molar refractivity (Wildman–Crippen MR) is 435 cm³/mol. The lowest BCUT2D eigenvalue weighted by atomic mass is 9.63. The molecule has 0 saturated carbocycles. The summed E-state index contributed by atoms with van der Waals surface area (Å²) in [4.78, 5) is 14.7. The van der Waals surface area contributed by atoms with Gasteiger partial charge in [0, 0.05) is 59.9 Å². The summed E-state index contributed by atoms with van der Waals surface area (Å²) in [6.45, 7) is 15.8. The highest BCUT2D eigenvalue weighted by Crippen LogP contribution is 2.61. The third-order valence-corrected chi connectivity index (χ3v) is 25.3. The molecule has 3 aromatic heterocycles. The first-order chi connectivity index (χ1) is 49.2. The monoisotopic (exact) mass is 1380 g/mol. The van der Waals surface area contributed by atoms with E-state index in [1.807, 2.05) is 23.5 Å². The van der Waals surface area contributed by atoms with E-state index in [0.29, 0.717) is 11.8 Å². The van der Waals surface area contributed by atoms with Gasteiger partial charge in [0.05, 0.1) is 34.9 Å². The van der Waals surface area contributed by atoms with Crippen LogP contribution in [0.3, 0.4) is 0 Å². The SMILES string of the molecule is CCCCCCCCC(CCCCCC)COc1ccc(-c2cc3c4c5c2cccc5c2ccc5c6c(cc(c4c62)n3CC(CCCCCC)CCCCCCCC)-c2sc(-c3ccc(-c4ccc(C(=O)O)cc4)c4nsnc34)cc2C5(CCCCCCCC)CCCCCCCC)cc1. The summed E-state index contributed by atoms with van der Waals surface area (Å²) >= 11 is 3.29. The molecule has 0 saturated heterocycles. The normalized spacial score (nSPS) is 13.6. The molecule has 8 heteroatoms. The number of carbonyl (C=O) groups is 1. The number of carboxylic acids is 1. The number of hydrogen-bond donors (Lipinski definition) is 1. The lowest BCUT2D eigenvalue weighted by Gasteiger charge is -2.40. The van der Waals surface area contributed by atoms with Crippen LogP contribution in [0, 0.1) is 11.8 Å². The Balaban J connectivity index is 1.04. The topological polar surface area (TPSA) is 77.2 Å². The van der Waals surface area contributed by atoms with Crippen molar-refractivity contribution in [1.29, 1.82) is 0 Å². The minimum Gasteiger partial charge on any atom is -0.493 e. The number of rotatable bonds is 47. The van der Waals surface area contributed by atoms with Crippen LogP contribution in [0.1, 0.15) is 307 Å². The van der Waals surface area contributed by atoms with Crippen molar-refractivity contribution in [1.82, 2.24) is 13.3 Å². The highest BCUT2D eigenvalue weighted by molar-refractivity contribution is 7.19. The van der Waals surface area contributed by atoms with Gasteiger partial charge in [-0.2, -0.15) is 8.75 Å². The number of nitrogens with zero attached hydrogens (tertiary/aromatic N) is 3. The number of thiophene rings is 1. The fraction of sp³-hybridized carbons (Fsp3) is 0.533. The van der Waals surface area contributed by atoms with Crippen LogP contribution in [-0.4, -0.2) is 31.0 Å². The van der Waals surface area contributed by atoms with Crippen LogP contribution in [-0.2, 0) is 12.0 Å². The maximum absolute atomic E-state index is 12.0. The summed E-state index contributed by atoms with van der Waals surface area (Å²) in [6.07, 6.45) is 49.0. The fourth-order valence-electron chi connectivity index (χ4n) is 17.9. The Labute approximate surface area is 608 Å². The molecular formula is C92H119N3O3S2. The van der Waals surface area contributed by atoms with Crippen LogP contribution in [0.15, 0.2) is 109 Å². The van der Waals surface area contributed by atoms with Crippen molar-refractivity contribution in [2.45, 2.75) is 297 Å². The van der Waals surface area contributed by atoms with E-state index in [-0.39, 0.29) is 11.0 Å². The third kappa shape index (κ3) is 16.3. The summed E-state index contributed by atoms with van der Waals surface area (Å²) in [5, 5.41) is 21.3. The average Bonchev–Trinajstić information content (AvgIpc) is 1.44. The van der Waals surface area contributed by atoms with Crippen molar-refractivity contribution < 1.29 is 14.6 Å². The second-order valence-electron chi connectivity index (χ2n) is 30.7. The molecule has 0 radical (unpaired) electrons. The van der Waals surface area contributed by atoms with Gasteiger partial charge in [0.1, 0.15) is 16.8 Å². The molecule has 100 heavy (non-hydrogen) atoms. The zero-order valence-corrected chi connectivity index (χ0v) is 63.9. The maximum atomic E-state index is 12.0. The molecule has 1 aliphatic carbocycles. The standard InChI is InChI=1S/C92H119N3O3S2/c1-7-13-19-25-29-35-41-65(40-33-23-17-11-5)63-95-80-60-76(68-50-52-70(53-51-68)98-64-66(42-34-24-18-12-6)43-36-30-26-20-14-8-2)73-45-39-44-72-74-56-57-78-84-77(61-81(95)87(85(74)84)86(80)83(72)73)90-79(92(78,58-37-31-27-21-15-9-3)59-38-32-28-22-16-10-4)62-82(99-90)75-55-54-71(88-89(75)94-100-93-88)67-46-48-69(49-47-67)91(96)97/h39,44-57,60-62,65-66H,7-38,40-43,58-59,63-64H2,1-6H3,(H,96,97). The number of aromatic carboxylic acids is 1. The Kier molecular flexibility index (Phi) is 26.6. The van der Waals surface area contributed by atoms with E-state index in [1.165, 1.54) is 329 Å². The fourth-order valence-corrected chi connectivity index (χ4v) is 19.8. The van der Waals surface area contributed by atoms with Gasteiger partial charge in [-0.15, -0.1) is 11.3 Å². The highest BCUT2D eigenvalue weighted by Gasteiger charge is 2.44. The van der Waals surface area contributed by atoms with E-state index in [4.69, 9.17) is 13.5 Å². The van der Waals surface area contributed by atoms with Gasteiger partial charge < -0.3 is 14.4 Å². The van der Waals surface area contributed by atoms with Crippen molar-refractivity contribution >= 4 is 94.2 Å². The minimum atomic E-state index is -0.920. The second-order valence-corrected chi connectivity index (χ2v) is 32.3. The number of carboxylic acid groups (broad SMARTS) is 1. The summed E-state index contributed by atoms with van der Waals surface area (Å²) in [6, 6.07) is 41.7. The molecule has 2 atom stereocenters. The van der Waals surface area contributed by atoms with Crippen LogP contribution in [0.2, 0.25) is 0 Å². The van der Waals surface area contributed by atoms with Gasteiger partial charge in [0.2, 0.25) is 0 Å². The molecule has 8 aromatic carbocycles. The van der Waals surface area contributed by atoms with Gasteiger partial charge >= 0.3 is 5.97 Å². The van der Waals surface area contributed by atoms with E-state index in [1.54, 1.807) is 17.7 Å². The molecule has 1 aliphatic rings. The Bertz CT molecular complexity index is 4320. The minimum absolute atomic E-state index is 0.179. The van der Waals surface area contributed by atoms with Crippen molar-refractivity contribution in [3.05, 3.63) is 126 Å². The Hall–Kier alpha value is -6.35. The smallest absolute Gasteiger partial charge is 0.335 e. The molecule has 0 fully saturated rings. The number of fused-ring (bicyclic) bond motifs is 4. The molecular weight excluding hydrogens is 1260 g/mol. The van der Waals surface area contributed by atoms with Crippen molar-refractivity contribution in [2.24, 2.45) is 11.8 Å². The van der Waals surface area contributed by atoms with Gasteiger partial charge in [-0.05, 0) is 142 Å². The van der Waals surface area contributed by atoms with Crippen LogP contribution in [0.4, 0.5) is 0 Å². The molecule has 0 spiro atoms. The van der Waals surface area contributed by atoms with Crippen LogP contribution >= 0.6 is 23.1 Å². The van der Waals surface area contributed by atoms with Crippen LogP contribution in [0.5, 0.6) is 5.75 Å². The zero-order valence-electron chi connectivity index (χ0n) is 62.3. The Morgan fingerprint density at radius 3 is 1.49 bits per heavy atom. The summed E-state index contributed by atoms with van der Waals surface area (Å²) < 4.78 is 19.9.